The molecule has 144 valence electrons. The third-order valence-electron chi connectivity index (χ3n) is 5.05. The predicted octanol–water partition coefficient (Wildman–Crippen LogP) is 3.65. The van der Waals surface area contributed by atoms with Crippen LogP contribution in [-0.2, 0) is 17.6 Å². The van der Waals surface area contributed by atoms with E-state index in [4.69, 9.17) is 5.73 Å². The number of hydrogen-bond acceptors (Lipinski definition) is 4. The first-order chi connectivity index (χ1) is 12.9. The SMILES string of the molecule is CC(NC(c1ccccc1)C(C)C)C(=O)Nc1sc2c(c1C(N)=O)CCC2. The van der Waals surface area contributed by atoms with Crippen molar-refractivity contribution in [2.75, 3.05) is 5.32 Å². The molecule has 2 aromatic rings. The van der Waals surface area contributed by atoms with E-state index in [-0.39, 0.29) is 11.9 Å². The maximum absolute atomic E-state index is 12.8. The number of aryl methyl sites for hydroxylation is 1. The van der Waals surface area contributed by atoms with Gasteiger partial charge in [0.2, 0.25) is 5.91 Å². The molecule has 0 saturated heterocycles. The van der Waals surface area contributed by atoms with E-state index < -0.39 is 11.9 Å². The van der Waals surface area contributed by atoms with Gasteiger partial charge in [-0.1, -0.05) is 44.2 Å². The van der Waals surface area contributed by atoms with Crippen LogP contribution >= 0.6 is 11.3 Å². The van der Waals surface area contributed by atoms with Gasteiger partial charge in [0.25, 0.3) is 5.91 Å². The van der Waals surface area contributed by atoms with Crippen LogP contribution in [0.5, 0.6) is 0 Å². The minimum Gasteiger partial charge on any atom is -0.365 e. The van der Waals surface area contributed by atoms with Crippen molar-refractivity contribution < 1.29 is 9.59 Å². The molecule has 0 fully saturated rings. The molecule has 4 N–H and O–H groups in total. The maximum atomic E-state index is 12.8. The van der Waals surface area contributed by atoms with Gasteiger partial charge in [0, 0.05) is 10.9 Å². The molecule has 1 aromatic carbocycles. The molecule has 0 spiro atoms. The van der Waals surface area contributed by atoms with Crippen molar-refractivity contribution in [3.63, 3.8) is 0 Å². The van der Waals surface area contributed by atoms with Crippen LogP contribution in [0.15, 0.2) is 30.3 Å². The molecule has 0 saturated carbocycles. The molecule has 3 rings (SSSR count). The smallest absolute Gasteiger partial charge is 0.251 e. The topological polar surface area (TPSA) is 84.2 Å². The monoisotopic (exact) mass is 385 g/mol. The van der Waals surface area contributed by atoms with E-state index in [2.05, 4.69) is 36.6 Å². The van der Waals surface area contributed by atoms with E-state index in [1.54, 1.807) is 0 Å². The highest BCUT2D eigenvalue weighted by Gasteiger charge is 2.28. The van der Waals surface area contributed by atoms with E-state index >= 15 is 0 Å². The van der Waals surface area contributed by atoms with Crippen LogP contribution < -0.4 is 16.4 Å². The van der Waals surface area contributed by atoms with Crippen molar-refractivity contribution in [3.8, 4) is 0 Å². The lowest BCUT2D eigenvalue weighted by Crippen LogP contribution is -2.41. The van der Waals surface area contributed by atoms with E-state index in [1.807, 2.05) is 25.1 Å². The number of carbonyl (C=O) groups is 2. The van der Waals surface area contributed by atoms with Crippen molar-refractivity contribution in [3.05, 3.63) is 51.9 Å². The summed E-state index contributed by atoms with van der Waals surface area (Å²) in [6.45, 7) is 6.10. The lowest BCUT2D eigenvalue weighted by atomic mass is 9.95. The zero-order valence-electron chi connectivity index (χ0n) is 16.0. The van der Waals surface area contributed by atoms with Crippen molar-refractivity contribution in [1.82, 2.24) is 5.32 Å². The fourth-order valence-corrected chi connectivity index (χ4v) is 4.95. The fraction of sp³-hybridized carbons (Fsp3) is 0.429. The van der Waals surface area contributed by atoms with E-state index in [9.17, 15) is 9.59 Å². The normalized spacial score (nSPS) is 15.4. The average Bonchev–Trinajstić information content (AvgIpc) is 3.20. The van der Waals surface area contributed by atoms with Crippen molar-refractivity contribution in [2.45, 2.75) is 52.1 Å². The Morgan fingerprint density at radius 2 is 1.81 bits per heavy atom. The minimum atomic E-state index is -0.463. The standard InChI is InChI=1S/C21H27N3O2S/c1-12(2)18(14-8-5-4-6-9-14)23-13(3)20(26)24-21-17(19(22)25)15-10-7-11-16(15)27-21/h4-6,8-9,12-13,18,23H,7,10-11H2,1-3H3,(H2,22,25)(H,24,26). The van der Waals surface area contributed by atoms with Gasteiger partial charge in [-0.05, 0) is 43.2 Å². The number of amides is 2. The second-order valence-corrected chi connectivity index (χ2v) is 8.54. The summed E-state index contributed by atoms with van der Waals surface area (Å²) >= 11 is 1.48. The Bertz CT molecular complexity index is 829. The molecule has 0 aliphatic heterocycles. The van der Waals surface area contributed by atoms with E-state index in [1.165, 1.54) is 16.2 Å². The van der Waals surface area contributed by atoms with E-state index in [0.29, 0.717) is 16.5 Å². The zero-order valence-corrected chi connectivity index (χ0v) is 16.9. The Morgan fingerprint density at radius 1 is 1.11 bits per heavy atom. The predicted molar refractivity (Wildman–Crippen MR) is 110 cm³/mol. The lowest BCUT2D eigenvalue weighted by Gasteiger charge is -2.26. The molecule has 1 aliphatic carbocycles. The van der Waals surface area contributed by atoms with Gasteiger partial charge in [-0.15, -0.1) is 11.3 Å². The molecular weight excluding hydrogens is 358 g/mol. The van der Waals surface area contributed by atoms with E-state index in [0.717, 1.165) is 30.4 Å². The van der Waals surface area contributed by atoms with Crippen LogP contribution in [-0.4, -0.2) is 17.9 Å². The minimum absolute atomic E-state index is 0.0657. The number of carbonyl (C=O) groups excluding carboxylic acids is 2. The van der Waals surface area contributed by atoms with Crippen LogP contribution in [0.4, 0.5) is 5.00 Å². The first kappa shape index (κ1) is 19.6. The van der Waals surface area contributed by atoms with Gasteiger partial charge in [0.05, 0.1) is 11.6 Å². The fourth-order valence-electron chi connectivity index (χ4n) is 3.65. The van der Waals surface area contributed by atoms with Crippen molar-refractivity contribution in [1.29, 1.82) is 0 Å². The lowest BCUT2D eigenvalue weighted by molar-refractivity contribution is -0.118. The molecule has 6 heteroatoms. The van der Waals surface area contributed by atoms with Crippen LogP contribution in [0.1, 0.15) is 59.6 Å². The van der Waals surface area contributed by atoms with Gasteiger partial charge >= 0.3 is 0 Å². The summed E-state index contributed by atoms with van der Waals surface area (Å²) in [5, 5.41) is 6.95. The third-order valence-corrected chi connectivity index (χ3v) is 6.26. The molecular formula is C21H27N3O2S. The maximum Gasteiger partial charge on any atom is 0.251 e. The number of nitrogens with two attached hydrogens (primary N) is 1. The number of primary amides is 1. The Morgan fingerprint density at radius 3 is 2.44 bits per heavy atom. The molecule has 1 aliphatic rings. The molecule has 0 radical (unpaired) electrons. The molecule has 0 bridgehead atoms. The number of thiophene rings is 1. The highest BCUT2D eigenvalue weighted by Crippen LogP contribution is 2.38. The number of nitrogens with one attached hydrogen (secondary N) is 2. The number of benzene rings is 1. The summed E-state index contributed by atoms with van der Waals surface area (Å²) in [5.74, 6) is -0.289. The van der Waals surface area contributed by atoms with Crippen LogP contribution in [0.25, 0.3) is 0 Å². The Balaban J connectivity index is 1.74. The number of anilines is 1. The van der Waals surface area contributed by atoms with Crippen molar-refractivity contribution in [2.24, 2.45) is 11.7 Å². The first-order valence-corrected chi connectivity index (χ1v) is 10.3. The van der Waals surface area contributed by atoms with Gasteiger partial charge in [-0.2, -0.15) is 0 Å². The molecule has 2 unspecified atom stereocenters. The van der Waals surface area contributed by atoms with Gasteiger partial charge in [-0.25, -0.2) is 0 Å². The Kier molecular flexibility index (Phi) is 5.97. The van der Waals surface area contributed by atoms with Crippen molar-refractivity contribution >= 4 is 28.2 Å². The van der Waals surface area contributed by atoms with Gasteiger partial charge in [0.15, 0.2) is 0 Å². The average molecular weight is 386 g/mol. The second-order valence-electron chi connectivity index (χ2n) is 7.44. The summed E-state index contributed by atoms with van der Waals surface area (Å²) in [6.07, 6.45) is 2.85. The zero-order chi connectivity index (χ0) is 19.6. The Hall–Kier alpha value is -2.18. The molecule has 1 aromatic heterocycles. The molecule has 2 amide bonds. The summed E-state index contributed by atoms with van der Waals surface area (Å²) in [5.41, 5.74) is 8.25. The molecule has 27 heavy (non-hydrogen) atoms. The van der Waals surface area contributed by atoms with Crippen LogP contribution in [0, 0.1) is 5.92 Å². The van der Waals surface area contributed by atoms with Crippen LogP contribution in [0.3, 0.4) is 0 Å². The van der Waals surface area contributed by atoms with Crippen LogP contribution in [0.2, 0.25) is 0 Å². The number of fused-ring (bicyclic) bond motifs is 1. The highest BCUT2D eigenvalue weighted by atomic mass is 32.1. The summed E-state index contributed by atoms with van der Waals surface area (Å²) < 4.78 is 0. The molecule has 2 atom stereocenters. The number of hydrogen-bond donors (Lipinski definition) is 3. The van der Waals surface area contributed by atoms with Gasteiger partial charge in [0.1, 0.15) is 5.00 Å². The quantitative estimate of drug-likeness (QED) is 0.680. The largest absolute Gasteiger partial charge is 0.365 e. The highest BCUT2D eigenvalue weighted by molar-refractivity contribution is 7.17. The summed E-state index contributed by atoms with van der Waals surface area (Å²) in [6, 6.07) is 9.78. The summed E-state index contributed by atoms with van der Waals surface area (Å²) in [7, 11) is 0. The Labute approximate surface area is 164 Å². The molecule has 5 nitrogen and oxygen atoms in total. The number of rotatable bonds is 7. The van der Waals surface area contributed by atoms with Gasteiger partial charge in [-0.3, -0.25) is 14.9 Å². The molecule has 1 heterocycles. The summed E-state index contributed by atoms with van der Waals surface area (Å²) in [4.78, 5) is 25.9. The third kappa shape index (κ3) is 4.22. The second kappa shape index (κ2) is 8.23. The first-order valence-electron chi connectivity index (χ1n) is 9.44. The van der Waals surface area contributed by atoms with Gasteiger partial charge < -0.3 is 11.1 Å².